The summed E-state index contributed by atoms with van der Waals surface area (Å²) in [5.74, 6) is 0.282. The third-order valence-electron chi connectivity index (χ3n) is 3.29. The van der Waals surface area contributed by atoms with Gasteiger partial charge in [0.15, 0.2) is 0 Å². The fraction of sp³-hybridized carbons (Fsp3) is 0.692. The van der Waals surface area contributed by atoms with Crippen LogP contribution in [0.5, 0.6) is 0 Å². The smallest absolute Gasteiger partial charge is 0.249 e. The molecule has 0 radical (unpaired) electrons. The lowest BCUT2D eigenvalue weighted by atomic mass is 10.1. The van der Waals surface area contributed by atoms with Gasteiger partial charge in [-0.15, -0.1) is 0 Å². The number of amides is 2. The predicted octanol–water partition coefficient (Wildman–Crippen LogP) is 1.42. The van der Waals surface area contributed by atoms with Gasteiger partial charge in [0.05, 0.1) is 0 Å². The van der Waals surface area contributed by atoms with E-state index in [4.69, 9.17) is 0 Å². The topological polar surface area (TPSA) is 40.6 Å². The lowest BCUT2D eigenvalue weighted by Crippen LogP contribution is -2.50. The van der Waals surface area contributed by atoms with Gasteiger partial charge in [-0.25, -0.2) is 0 Å². The minimum atomic E-state index is 0.105. The number of nitrogens with zero attached hydrogens (tertiary/aromatic N) is 2. The zero-order chi connectivity index (χ0) is 13.0. The van der Waals surface area contributed by atoms with Gasteiger partial charge in [0.2, 0.25) is 11.8 Å². The Bertz CT molecular complexity index is 335. The van der Waals surface area contributed by atoms with Crippen LogP contribution in [0, 0.1) is 0 Å². The second-order valence-corrected chi connectivity index (χ2v) is 4.65. The van der Waals surface area contributed by atoms with E-state index in [0.29, 0.717) is 32.6 Å². The molecule has 0 aromatic heterocycles. The van der Waals surface area contributed by atoms with E-state index in [9.17, 15) is 9.59 Å². The van der Waals surface area contributed by atoms with Gasteiger partial charge >= 0.3 is 0 Å². The molecule has 1 heterocycles. The average molecular weight is 238 g/mol. The van der Waals surface area contributed by atoms with Crippen molar-refractivity contribution >= 4 is 11.8 Å². The van der Waals surface area contributed by atoms with Crippen molar-refractivity contribution in [1.29, 1.82) is 0 Å². The van der Waals surface area contributed by atoms with Crippen LogP contribution < -0.4 is 0 Å². The van der Waals surface area contributed by atoms with Crippen molar-refractivity contribution in [3.8, 4) is 0 Å². The summed E-state index contributed by atoms with van der Waals surface area (Å²) in [6.45, 7) is 10.2. The molecule has 1 saturated heterocycles. The molecule has 0 unspecified atom stereocenters. The van der Waals surface area contributed by atoms with Crippen LogP contribution >= 0.6 is 0 Å². The summed E-state index contributed by atoms with van der Waals surface area (Å²) < 4.78 is 0. The Labute approximate surface area is 103 Å². The van der Waals surface area contributed by atoms with E-state index in [1.165, 1.54) is 0 Å². The second-order valence-electron chi connectivity index (χ2n) is 4.65. The third kappa shape index (κ3) is 3.32. The molecule has 0 aromatic rings. The quantitative estimate of drug-likeness (QED) is 0.683. The van der Waals surface area contributed by atoms with E-state index in [-0.39, 0.29) is 11.8 Å². The Balaban J connectivity index is 2.56. The first-order valence-electron chi connectivity index (χ1n) is 6.18. The van der Waals surface area contributed by atoms with Gasteiger partial charge in [-0.3, -0.25) is 9.59 Å². The maximum absolute atomic E-state index is 12.1. The Kier molecular flexibility index (Phi) is 4.73. The van der Waals surface area contributed by atoms with Crippen molar-refractivity contribution in [1.82, 2.24) is 9.80 Å². The lowest BCUT2D eigenvalue weighted by molar-refractivity contribution is -0.137. The van der Waals surface area contributed by atoms with Gasteiger partial charge < -0.3 is 9.80 Å². The van der Waals surface area contributed by atoms with E-state index in [1.54, 1.807) is 0 Å². The third-order valence-corrected chi connectivity index (χ3v) is 3.29. The number of carbonyl (C=O) groups is 2. The van der Waals surface area contributed by atoms with Crippen LogP contribution in [0.1, 0.15) is 34.1 Å². The molecule has 1 aliphatic rings. The first kappa shape index (κ1) is 13.7. The van der Waals surface area contributed by atoms with Crippen molar-refractivity contribution in [3.05, 3.63) is 11.1 Å². The molecule has 96 valence electrons. The van der Waals surface area contributed by atoms with Gasteiger partial charge in [-0.2, -0.15) is 0 Å². The number of carbonyl (C=O) groups excluding carboxylic acids is 2. The fourth-order valence-electron chi connectivity index (χ4n) is 1.83. The minimum Gasteiger partial charge on any atom is -0.339 e. The Morgan fingerprint density at radius 1 is 0.941 bits per heavy atom. The number of hydrogen-bond acceptors (Lipinski definition) is 2. The Morgan fingerprint density at radius 3 is 1.82 bits per heavy atom. The van der Waals surface area contributed by atoms with E-state index in [1.807, 2.05) is 37.5 Å². The van der Waals surface area contributed by atoms with Crippen LogP contribution in [-0.2, 0) is 9.59 Å². The van der Waals surface area contributed by atoms with E-state index in [0.717, 1.165) is 11.1 Å². The summed E-state index contributed by atoms with van der Waals surface area (Å²) in [5.41, 5.74) is 1.88. The van der Waals surface area contributed by atoms with Crippen molar-refractivity contribution in [2.75, 3.05) is 26.2 Å². The van der Waals surface area contributed by atoms with Crippen molar-refractivity contribution < 1.29 is 9.59 Å². The summed E-state index contributed by atoms with van der Waals surface area (Å²) >= 11 is 0. The Hall–Kier alpha value is -1.32. The highest BCUT2D eigenvalue weighted by atomic mass is 16.2. The van der Waals surface area contributed by atoms with Gasteiger partial charge in [-0.1, -0.05) is 12.5 Å². The van der Waals surface area contributed by atoms with Crippen molar-refractivity contribution in [3.63, 3.8) is 0 Å². The molecular weight excluding hydrogens is 216 g/mol. The van der Waals surface area contributed by atoms with Crippen LogP contribution in [0.3, 0.4) is 0 Å². The second kappa shape index (κ2) is 5.84. The number of piperazine rings is 1. The molecule has 0 bridgehead atoms. The standard InChI is InChI=1S/C13H22N2O2/c1-5-12(16)14-6-8-15(9-7-14)13(17)11(4)10(2)3/h5-9H2,1-4H3. The average Bonchev–Trinajstić information content (AvgIpc) is 2.36. The zero-order valence-corrected chi connectivity index (χ0v) is 11.2. The molecule has 1 fully saturated rings. The minimum absolute atomic E-state index is 0.105. The summed E-state index contributed by atoms with van der Waals surface area (Å²) in [4.78, 5) is 27.2. The molecule has 1 aliphatic heterocycles. The van der Waals surface area contributed by atoms with Gasteiger partial charge in [0.25, 0.3) is 0 Å². The first-order valence-corrected chi connectivity index (χ1v) is 6.18. The molecule has 0 aromatic carbocycles. The number of hydrogen-bond donors (Lipinski definition) is 0. The van der Waals surface area contributed by atoms with E-state index >= 15 is 0 Å². The predicted molar refractivity (Wildman–Crippen MR) is 67.5 cm³/mol. The molecule has 0 spiro atoms. The van der Waals surface area contributed by atoms with Gasteiger partial charge in [0.1, 0.15) is 0 Å². The lowest BCUT2D eigenvalue weighted by Gasteiger charge is -2.35. The SMILES string of the molecule is CCC(=O)N1CCN(C(=O)C(C)=C(C)C)CC1. The molecule has 4 heteroatoms. The molecule has 0 N–H and O–H groups in total. The molecule has 4 nitrogen and oxygen atoms in total. The molecule has 0 saturated carbocycles. The highest BCUT2D eigenvalue weighted by molar-refractivity contribution is 5.93. The van der Waals surface area contributed by atoms with Crippen LogP contribution in [0.2, 0.25) is 0 Å². The zero-order valence-electron chi connectivity index (χ0n) is 11.2. The van der Waals surface area contributed by atoms with Crippen molar-refractivity contribution in [2.24, 2.45) is 0 Å². The monoisotopic (exact) mass is 238 g/mol. The number of allylic oxidation sites excluding steroid dienone is 1. The van der Waals surface area contributed by atoms with Gasteiger partial charge in [-0.05, 0) is 20.8 Å². The molecule has 1 rings (SSSR count). The molecule has 0 aliphatic carbocycles. The normalized spacial score (nSPS) is 15.8. The van der Waals surface area contributed by atoms with Crippen molar-refractivity contribution in [2.45, 2.75) is 34.1 Å². The van der Waals surface area contributed by atoms with E-state index < -0.39 is 0 Å². The highest BCUT2D eigenvalue weighted by Gasteiger charge is 2.23. The molecule has 0 atom stereocenters. The van der Waals surface area contributed by atoms with Crippen LogP contribution in [0.25, 0.3) is 0 Å². The summed E-state index contributed by atoms with van der Waals surface area (Å²) in [5, 5.41) is 0. The van der Waals surface area contributed by atoms with Crippen LogP contribution in [0.15, 0.2) is 11.1 Å². The van der Waals surface area contributed by atoms with Crippen LogP contribution in [-0.4, -0.2) is 47.8 Å². The molecular formula is C13H22N2O2. The molecule has 17 heavy (non-hydrogen) atoms. The Morgan fingerprint density at radius 2 is 1.41 bits per heavy atom. The largest absolute Gasteiger partial charge is 0.339 e. The maximum atomic E-state index is 12.1. The van der Waals surface area contributed by atoms with E-state index in [2.05, 4.69) is 0 Å². The summed E-state index contributed by atoms with van der Waals surface area (Å²) in [6, 6.07) is 0. The summed E-state index contributed by atoms with van der Waals surface area (Å²) in [6.07, 6.45) is 0.543. The summed E-state index contributed by atoms with van der Waals surface area (Å²) in [7, 11) is 0. The van der Waals surface area contributed by atoms with Gasteiger partial charge in [0, 0.05) is 38.2 Å². The fourth-order valence-corrected chi connectivity index (χ4v) is 1.83. The maximum Gasteiger partial charge on any atom is 0.249 e. The highest BCUT2D eigenvalue weighted by Crippen LogP contribution is 2.10. The number of rotatable bonds is 2. The van der Waals surface area contributed by atoms with Crippen LogP contribution in [0.4, 0.5) is 0 Å². The first-order chi connectivity index (χ1) is 7.97. The molecule has 2 amide bonds.